The summed E-state index contributed by atoms with van der Waals surface area (Å²) >= 11 is 0. The van der Waals surface area contributed by atoms with Crippen LogP contribution in [0.25, 0.3) is 0 Å². The summed E-state index contributed by atoms with van der Waals surface area (Å²) in [6.07, 6.45) is -5.13. The molecule has 21 heavy (non-hydrogen) atoms. The molecule has 0 amide bonds. The molecule has 0 bridgehead atoms. The summed E-state index contributed by atoms with van der Waals surface area (Å²) in [7, 11) is 2.79. The molecule has 6 N–H and O–H groups in total. The molecular formula is C11H18N4O6. The molecule has 1 aromatic heterocycles. The number of hydrogen-bond acceptors (Lipinski definition) is 9. The number of aliphatic hydroxyl groups excluding tert-OH is 3. The van der Waals surface area contributed by atoms with Gasteiger partial charge >= 0.3 is 6.01 Å². The van der Waals surface area contributed by atoms with Gasteiger partial charge in [-0.3, -0.25) is 9.36 Å². The fourth-order valence-electron chi connectivity index (χ4n) is 1.99. The van der Waals surface area contributed by atoms with Crippen LogP contribution in [0.3, 0.4) is 0 Å². The zero-order valence-electron chi connectivity index (χ0n) is 11.6. The fraction of sp³-hybridized carbons (Fsp3) is 0.636. The van der Waals surface area contributed by atoms with Gasteiger partial charge in [-0.1, -0.05) is 0 Å². The van der Waals surface area contributed by atoms with Crippen molar-refractivity contribution < 1.29 is 24.8 Å². The molecule has 0 aliphatic carbocycles. The molecule has 0 aromatic carbocycles. The minimum Gasteiger partial charge on any atom is -0.468 e. The summed E-state index contributed by atoms with van der Waals surface area (Å²) in [5.74, 6) is -0.133. The third-order valence-corrected chi connectivity index (χ3v) is 3.25. The van der Waals surface area contributed by atoms with Crippen LogP contribution in [0.4, 0.5) is 11.5 Å². The van der Waals surface area contributed by atoms with Gasteiger partial charge in [-0.05, 0) is 0 Å². The third kappa shape index (κ3) is 2.78. The minimum absolute atomic E-state index is 0.0311. The molecule has 1 fully saturated rings. The quantitative estimate of drug-likeness (QED) is 0.399. The van der Waals surface area contributed by atoms with Gasteiger partial charge in [0, 0.05) is 7.05 Å². The van der Waals surface area contributed by atoms with Crippen molar-refractivity contribution in [1.29, 1.82) is 0 Å². The van der Waals surface area contributed by atoms with Crippen LogP contribution in [0, 0.1) is 0 Å². The molecule has 1 aromatic rings. The molecule has 1 aliphatic rings. The summed E-state index contributed by atoms with van der Waals surface area (Å²) in [5.41, 5.74) is 5.05. The second-order valence-corrected chi connectivity index (χ2v) is 4.67. The van der Waals surface area contributed by atoms with Crippen LogP contribution in [-0.2, 0) is 11.8 Å². The number of ether oxygens (including phenoxy) is 2. The van der Waals surface area contributed by atoms with E-state index >= 15 is 0 Å². The predicted molar refractivity (Wildman–Crippen MR) is 71.8 cm³/mol. The van der Waals surface area contributed by atoms with E-state index in [1.807, 2.05) is 0 Å². The molecule has 0 saturated carbocycles. The maximum absolute atomic E-state index is 12.1. The highest BCUT2D eigenvalue weighted by Gasteiger charge is 2.38. The summed E-state index contributed by atoms with van der Waals surface area (Å²) in [6.45, 7) is -0.195. The van der Waals surface area contributed by atoms with E-state index in [1.165, 1.54) is 14.2 Å². The molecule has 10 nitrogen and oxygen atoms in total. The first kappa shape index (κ1) is 15.5. The van der Waals surface area contributed by atoms with Crippen molar-refractivity contribution in [3.05, 3.63) is 10.4 Å². The third-order valence-electron chi connectivity index (χ3n) is 3.25. The monoisotopic (exact) mass is 302 g/mol. The van der Waals surface area contributed by atoms with Gasteiger partial charge in [-0.15, -0.1) is 0 Å². The van der Waals surface area contributed by atoms with E-state index in [4.69, 9.17) is 15.2 Å². The molecule has 2 rings (SSSR count). The number of anilines is 2. The average molecular weight is 302 g/mol. The predicted octanol–water partition coefficient (Wildman–Crippen LogP) is -2.78. The Labute approximate surface area is 119 Å². The second-order valence-electron chi connectivity index (χ2n) is 4.67. The molecule has 118 valence electrons. The van der Waals surface area contributed by atoms with Crippen LogP contribution in [0.1, 0.15) is 0 Å². The topological polar surface area (TPSA) is 152 Å². The zero-order valence-corrected chi connectivity index (χ0v) is 11.6. The highest BCUT2D eigenvalue weighted by atomic mass is 16.5. The number of rotatable bonds is 3. The van der Waals surface area contributed by atoms with E-state index in [2.05, 4.69) is 10.3 Å². The lowest BCUT2D eigenvalue weighted by molar-refractivity contribution is -0.178. The molecule has 1 aliphatic heterocycles. The Morgan fingerprint density at radius 1 is 1.43 bits per heavy atom. The van der Waals surface area contributed by atoms with Crippen molar-refractivity contribution in [2.24, 2.45) is 7.05 Å². The zero-order chi connectivity index (χ0) is 15.7. The van der Waals surface area contributed by atoms with E-state index in [9.17, 15) is 20.1 Å². The lowest BCUT2D eigenvalue weighted by Crippen LogP contribution is -2.56. The Balaban J connectivity index is 2.28. The van der Waals surface area contributed by atoms with Gasteiger partial charge in [0.15, 0.2) is 12.0 Å². The highest BCUT2D eigenvalue weighted by Crippen LogP contribution is 2.20. The summed E-state index contributed by atoms with van der Waals surface area (Å²) in [5, 5.41) is 31.4. The SMILES string of the molecule is COc1nc(N)c(N[C@H]2OC[C@H](O)[C@H](O)[C@H]2O)c(=O)n1C. The van der Waals surface area contributed by atoms with Crippen LogP contribution in [0.5, 0.6) is 6.01 Å². The van der Waals surface area contributed by atoms with Gasteiger partial charge in [0.2, 0.25) is 0 Å². The average Bonchev–Trinajstić information content (AvgIpc) is 2.47. The van der Waals surface area contributed by atoms with Gasteiger partial charge in [0.1, 0.15) is 24.0 Å². The van der Waals surface area contributed by atoms with Crippen LogP contribution >= 0.6 is 0 Å². The normalized spacial score (nSPS) is 29.2. The molecule has 4 atom stereocenters. The van der Waals surface area contributed by atoms with Gasteiger partial charge in [0.05, 0.1) is 13.7 Å². The maximum Gasteiger partial charge on any atom is 0.300 e. The van der Waals surface area contributed by atoms with Gasteiger partial charge < -0.3 is 35.8 Å². The number of nitrogen functional groups attached to an aromatic ring is 1. The Kier molecular flexibility index (Phi) is 4.32. The van der Waals surface area contributed by atoms with Gasteiger partial charge in [-0.2, -0.15) is 4.98 Å². The number of nitrogens with two attached hydrogens (primary N) is 1. The van der Waals surface area contributed by atoms with Crippen LogP contribution in [0.15, 0.2) is 4.79 Å². The minimum atomic E-state index is -1.43. The number of aliphatic hydroxyl groups is 3. The second kappa shape index (κ2) is 5.85. The lowest BCUT2D eigenvalue weighted by Gasteiger charge is -2.35. The first-order valence-corrected chi connectivity index (χ1v) is 6.19. The Hall–Kier alpha value is -1.88. The van der Waals surface area contributed by atoms with E-state index in [-0.39, 0.29) is 24.1 Å². The Morgan fingerprint density at radius 2 is 2.10 bits per heavy atom. The number of methoxy groups -OCH3 is 1. The van der Waals surface area contributed by atoms with Crippen molar-refractivity contribution >= 4 is 11.5 Å². The molecule has 0 radical (unpaired) electrons. The standard InChI is InChI=1S/C11H18N4O6/c1-15-10(19)5(8(12)14-11(15)20-2)13-9-7(18)6(17)4(16)3-21-9/h4,6-7,9,13,16-18H,3,12H2,1-2H3/t4-,6-,7+,9-/m0/s1. The van der Waals surface area contributed by atoms with Crippen LogP contribution < -0.4 is 21.3 Å². The molecule has 10 heteroatoms. The van der Waals surface area contributed by atoms with Gasteiger partial charge in [0.25, 0.3) is 5.56 Å². The first-order chi connectivity index (χ1) is 9.86. The largest absolute Gasteiger partial charge is 0.468 e. The van der Waals surface area contributed by atoms with Crippen molar-refractivity contribution in [1.82, 2.24) is 9.55 Å². The number of nitrogens with one attached hydrogen (secondary N) is 1. The molecule has 1 saturated heterocycles. The fourth-order valence-corrected chi connectivity index (χ4v) is 1.99. The maximum atomic E-state index is 12.1. The lowest BCUT2D eigenvalue weighted by atomic mass is 10.0. The molecule has 0 unspecified atom stereocenters. The smallest absolute Gasteiger partial charge is 0.300 e. The van der Waals surface area contributed by atoms with Crippen molar-refractivity contribution in [2.75, 3.05) is 24.8 Å². The van der Waals surface area contributed by atoms with Crippen LogP contribution in [0.2, 0.25) is 0 Å². The first-order valence-electron chi connectivity index (χ1n) is 6.19. The van der Waals surface area contributed by atoms with Gasteiger partial charge in [-0.25, -0.2) is 0 Å². The van der Waals surface area contributed by atoms with E-state index in [0.29, 0.717) is 0 Å². The van der Waals surface area contributed by atoms with E-state index < -0.39 is 30.1 Å². The van der Waals surface area contributed by atoms with Crippen molar-refractivity contribution in [3.63, 3.8) is 0 Å². The number of aromatic nitrogens is 2. The summed E-state index contributed by atoms with van der Waals surface area (Å²) in [6, 6.07) is 0.0311. The van der Waals surface area contributed by atoms with E-state index in [1.54, 1.807) is 0 Å². The van der Waals surface area contributed by atoms with Crippen LogP contribution in [-0.4, -0.2) is 63.1 Å². The molecule has 0 spiro atoms. The summed E-state index contributed by atoms with van der Waals surface area (Å²) < 4.78 is 11.2. The number of nitrogens with zero attached hydrogens (tertiary/aromatic N) is 2. The van der Waals surface area contributed by atoms with E-state index in [0.717, 1.165) is 4.57 Å². The Bertz CT molecular complexity index is 577. The van der Waals surface area contributed by atoms with Crippen molar-refractivity contribution in [2.45, 2.75) is 24.5 Å². The Morgan fingerprint density at radius 3 is 2.71 bits per heavy atom. The summed E-state index contributed by atoms with van der Waals surface area (Å²) in [4.78, 5) is 16.0. The molecular weight excluding hydrogens is 284 g/mol. The van der Waals surface area contributed by atoms with Crippen molar-refractivity contribution in [3.8, 4) is 6.01 Å². The number of hydrogen-bond donors (Lipinski definition) is 5. The highest BCUT2D eigenvalue weighted by molar-refractivity contribution is 5.61. The molecule has 2 heterocycles.